The van der Waals surface area contributed by atoms with Crippen LogP contribution in [0.2, 0.25) is 5.02 Å². The highest BCUT2D eigenvalue weighted by Gasteiger charge is 2.30. The van der Waals surface area contributed by atoms with Crippen LogP contribution < -0.4 is 10.3 Å². The number of rotatable bonds is 4. The van der Waals surface area contributed by atoms with Crippen LogP contribution in [0.25, 0.3) is 0 Å². The van der Waals surface area contributed by atoms with E-state index in [1.54, 1.807) is 0 Å². The summed E-state index contributed by atoms with van der Waals surface area (Å²) < 4.78 is 43.6. The minimum absolute atomic E-state index is 0.0997. The normalized spacial score (nSPS) is 15.5. The van der Waals surface area contributed by atoms with Gasteiger partial charge in [-0.15, -0.1) is 0 Å². The molecule has 1 heterocycles. The Bertz CT molecular complexity index is 772. The van der Waals surface area contributed by atoms with E-state index in [-0.39, 0.29) is 10.7 Å². The smallest absolute Gasteiger partial charge is 0.378 e. The van der Waals surface area contributed by atoms with Crippen LogP contribution in [0.15, 0.2) is 47.6 Å². The van der Waals surface area contributed by atoms with Crippen molar-refractivity contribution in [2.75, 3.05) is 36.6 Å². The monoisotopic (exact) mass is 383 g/mol. The average Bonchev–Trinajstić information content (AvgIpc) is 2.63. The molecule has 1 aliphatic heterocycles. The van der Waals surface area contributed by atoms with Crippen molar-refractivity contribution in [1.82, 2.24) is 0 Å². The molecule has 26 heavy (non-hydrogen) atoms. The van der Waals surface area contributed by atoms with Crippen molar-refractivity contribution in [3.63, 3.8) is 0 Å². The van der Waals surface area contributed by atoms with Gasteiger partial charge in [0, 0.05) is 18.8 Å². The Morgan fingerprint density at radius 2 is 1.77 bits per heavy atom. The lowest BCUT2D eigenvalue weighted by atomic mass is 10.2. The van der Waals surface area contributed by atoms with Crippen molar-refractivity contribution in [2.45, 2.75) is 6.18 Å². The van der Waals surface area contributed by atoms with Gasteiger partial charge in [-0.05, 0) is 35.9 Å². The van der Waals surface area contributed by atoms with E-state index < -0.39 is 11.7 Å². The lowest BCUT2D eigenvalue weighted by Gasteiger charge is -2.28. The number of hydrogen-bond acceptors (Lipinski definition) is 4. The molecule has 0 atom stereocenters. The molecule has 0 spiro atoms. The van der Waals surface area contributed by atoms with Crippen molar-refractivity contribution < 1.29 is 17.9 Å². The highest BCUT2D eigenvalue weighted by molar-refractivity contribution is 6.33. The van der Waals surface area contributed by atoms with Crippen molar-refractivity contribution in [2.24, 2.45) is 5.10 Å². The summed E-state index contributed by atoms with van der Waals surface area (Å²) in [7, 11) is 0. The van der Waals surface area contributed by atoms with Gasteiger partial charge in [-0.3, -0.25) is 5.43 Å². The molecule has 0 amide bonds. The Morgan fingerprint density at radius 1 is 1.08 bits per heavy atom. The van der Waals surface area contributed by atoms with E-state index in [1.165, 1.54) is 12.3 Å². The van der Waals surface area contributed by atoms with Gasteiger partial charge in [0.05, 0.1) is 35.7 Å². The minimum atomic E-state index is -4.43. The summed E-state index contributed by atoms with van der Waals surface area (Å²) in [6.45, 7) is 3.13. The second-order valence-corrected chi connectivity index (χ2v) is 6.16. The third-order valence-corrected chi connectivity index (χ3v) is 4.29. The Kier molecular flexibility index (Phi) is 5.68. The Labute approximate surface area is 154 Å². The van der Waals surface area contributed by atoms with E-state index in [1.807, 2.05) is 24.3 Å². The second-order valence-electron chi connectivity index (χ2n) is 5.75. The number of nitrogens with one attached hydrogen (secondary N) is 1. The first-order valence-corrected chi connectivity index (χ1v) is 8.40. The van der Waals surface area contributed by atoms with Crippen LogP contribution >= 0.6 is 11.6 Å². The van der Waals surface area contributed by atoms with E-state index in [0.717, 1.165) is 36.5 Å². The van der Waals surface area contributed by atoms with Gasteiger partial charge >= 0.3 is 6.18 Å². The largest absolute Gasteiger partial charge is 0.416 e. The SMILES string of the molecule is FC(F)(F)c1ccc(Cl)c(NN=Cc2ccc(N3CCOCC3)cc2)c1. The molecule has 1 aliphatic rings. The lowest BCUT2D eigenvalue weighted by molar-refractivity contribution is -0.137. The lowest BCUT2D eigenvalue weighted by Crippen LogP contribution is -2.36. The van der Waals surface area contributed by atoms with Crippen LogP contribution in [0.4, 0.5) is 24.5 Å². The van der Waals surface area contributed by atoms with Crippen LogP contribution in [0.3, 0.4) is 0 Å². The molecule has 8 heteroatoms. The highest BCUT2D eigenvalue weighted by Crippen LogP contribution is 2.33. The fraction of sp³-hybridized carbons (Fsp3) is 0.278. The number of morpholine rings is 1. The fourth-order valence-corrected chi connectivity index (χ4v) is 2.72. The number of benzene rings is 2. The predicted molar refractivity (Wildman–Crippen MR) is 97.1 cm³/mol. The van der Waals surface area contributed by atoms with E-state index in [4.69, 9.17) is 16.3 Å². The van der Waals surface area contributed by atoms with Gasteiger partial charge in [0.15, 0.2) is 0 Å². The van der Waals surface area contributed by atoms with E-state index in [2.05, 4.69) is 15.4 Å². The molecule has 1 fully saturated rings. The van der Waals surface area contributed by atoms with Gasteiger partial charge in [-0.1, -0.05) is 23.7 Å². The molecule has 2 aromatic carbocycles. The third-order valence-electron chi connectivity index (χ3n) is 3.96. The van der Waals surface area contributed by atoms with Crippen molar-refractivity contribution in [3.05, 3.63) is 58.6 Å². The molecular weight excluding hydrogens is 367 g/mol. The van der Waals surface area contributed by atoms with Crippen LogP contribution in [-0.4, -0.2) is 32.5 Å². The van der Waals surface area contributed by atoms with Gasteiger partial charge in [0.1, 0.15) is 0 Å². The molecule has 0 aliphatic carbocycles. The quantitative estimate of drug-likeness (QED) is 0.617. The molecular formula is C18H17ClF3N3O. The van der Waals surface area contributed by atoms with E-state index >= 15 is 0 Å². The average molecular weight is 384 g/mol. The van der Waals surface area contributed by atoms with Crippen molar-refractivity contribution in [3.8, 4) is 0 Å². The Balaban J connectivity index is 1.65. The summed E-state index contributed by atoms with van der Waals surface area (Å²) in [6.07, 6.45) is -2.90. The van der Waals surface area contributed by atoms with Crippen molar-refractivity contribution in [1.29, 1.82) is 0 Å². The summed E-state index contributed by atoms with van der Waals surface area (Å²) in [5.74, 6) is 0. The molecule has 2 aromatic rings. The summed E-state index contributed by atoms with van der Waals surface area (Å²) in [5.41, 5.74) is 3.79. The number of nitrogens with zero attached hydrogens (tertiary/aromatic N) is 2. The molecule has 0 saturated carbocycles. The number of alkyl halides is 3. The van der Waals surface area contributed by atoms with Crippen LogP contribution in [0.5, 0.6) is 0 Å². The van der Waals surface area contributed by atoms with Crippen LogP contribution in [0, 0.1) is 0 Å². The molecule has 3 rings (SSSR count). The van der Waals surface area contributed by atoms with Gasteiger partial charge in [-0.2, -0.15) is 18.3 Å². The van der Waals surface area contributed by atoms with Crippen molar-refractivity contribution >= 4 is 29.2 Å². The topological polar surface area (TPSA) is 36.9 Å². The Morgan fingerprint density at radius 3 is 2.42 bits per heavy atom. The number of hydrogen-bond donors (Lipinski definition) is 1. The maximum Gasteiger partial charge on any atom is 0.416 e. The Hall–Kier alpha value is -2.25. The zero-order chi connectivity index (χ0) is 18.6. The molecule has 0 bridgehead atoms. The predicted octanol–water partition coefficient (Wildman–Crippen LogP) is 4.64. The van der Waals surface area contributed by atoms with Crippen LogP contribution in [0.1, 0.15) is 11.1 Å². The first-order chi connectivity index (χ1) is 12.4. The standard InChI is InChI=1S/C18H17ClF3N3O/c19-16-6-3-14(18(20,21)22)11-17(16)24-23-12-13-1-4-15(5-2-13)25-7-9-26-10-8-25/h1-6,11-12,24H,7-10H2. The zero-order valence-electron chi connectivity index (χ0n) is 13.8. The summed E-state index contributed by atoms with van der Waals surface area (Å²) in [6, 6.07) is 10.8. The third kappa shape index (κ3) is 4.68. The maximum absolute atomic E-state index is 12.8. The molecule has 1 saturated heterocycles. The number of anilines is 2. The molecule has 138 valence electrons. The molecule has 0 unspecified atom stereocenters. The molecule has 0 radical (unpaired) electrons. The second kappa shape index (κ2) is 7.97. The number of ether oxygens (including phenoxy) is 1. The minimum Gasteiger partial charge on any atom is -0.378 e. The van der Waals surface area contributed by atoms with Gasteiger partial charge < -0.3 is 9.64 Å². The summed E-state index contributed by atoms with van der Waals surface area (Å²) in [5, 5.41) is 4.14. The van der Waals surface area contributed by atoms with E-state index in [9.17, 15) is 13.2 Å². The van der Waals surface area contributed by atoms with Crippen LogP contribution in [-0.2, 0) is 10.9 Å². The number of hydrazone groups is 1. The molecule has 1 N–H and O–H groups in total. The fourth-order valence-electron chi connectivity index (χ4n) is 2.56. The summed E-state index contributed by atoms with van der Waals surface area (Å²) in [4.78, 5) is 2.23. The highest BCUT2D eigenvalue weighted by atomic mass is 35.5. The van der Waals surface area contributed by atoms with E-state index in [0.29, 0.717) is 13.2 Å². The zero-order valence-corrected chi connectivity index (χ0v) is 14.5. The van der Waals surface area contributed by atoms with Gasteiger partial charge in [0.2, 0.25) is 0 Å². The van der Waals surface area contributed by atoms with Gasteiger partial charge in [-0.25, -0.2) is 0 Å². The first kappa shape index (κ1) is 18.5. The first-order valence-electron chi connectivity index (χ1n) is 8.02. The molecule has 0 aromatic heterocycles. The van der Waals surface area contributed by atoms with Gasteiger partial charge in [0.25, 0.3) is 0 Å². The maximum atomic E-state index is 12.8. The summed E-state index contributed by atoms with van der Waals surface area (Å²) >= 11 is 5.92. The molecule has 4 nitrogen and oxygen atoms in total. The number of halogens is 4.